The van der Waals surface area contributed by atoms with Crippen molar-refractivity contribution in [3.05, 3.63) is 46.7 Å². The fourth-order valence-corrected chi connectivity index (χ4v) is 2.48. The van der Waals surface area contributed by atoms with Gasteiger partial charge in [0.05, 0.1) is 11.2 Å². The molecule has 8 heteroatoms. The van der Waals surface area contributed by atoms with E-state index in [1.807, 2.05) is 18.7 Å². The van der Waals surface area contributed by atoms with Crippen molar-refractivity contribution in [3.63, 3.8) is 0 Å². The molecule has 2 heterocycles. The summed E-state index contributed by atoms with van der Waals surface area (Å²) < 4.78 is 10.4. The minimum absolute atomic E-state index is 0.00829. The molecule has 0 aliphatic rings. The van der Waals surface area contributed by atoms with Crippen LogP contribution in [0.2, 0.25) is 0 Å². The average molecular weight is 328 g/mol. The van der Waals surface area contributed by atoms with E-state index in [0.717, 1.165) is 0 Å². The van der Waals surface area contributed by atoms with E-state index in [4.69, 9.17) is 8.94 Å². The number of furan rings is 1. The molecule has 0 radical (unpaired) electrons. The van der Waals surface area contributed by atoms with E-state index in [1.165, 1.54) is 12.3 Å². The maximum absolute atomic E-state index is 11.4. The van der Waals surface area contributed by atoms with Crippen LogP contribution in [0.3, 0.4) is 0 Å². The van der Waals surface area contributed by atoms with E-state index in [1.54, 1.807) is 24.3 Å². The Morgan fingerprint density at radius 1 is 1.25 bits per heavy atom. The van der Waals surface area contributed by atoms with E-state index in [0.29, 0.717) is 35.9 Å². The summed E-state index contributed by atoms with van der Waals surface area (Å²) in [5.74, 6) is 0.973. The molecule has 3 rings (SSSR count). The van der Waals surface area contributed by atoms with Gasteiger partial charge in [-0.3, -0.25) is 10.1 Å². The van der Waals surface area contributed by atoms with Gasteiger partial charge in [-0.1, -0.05) is 5.16 Å². The highest BCUT2D eigenvalue weighted by atomic mass is 16.6. The highest BCUT2D eigenvalue weighted by Gasteiger charge is 2.21. The molecule has 0 spiro atoms. The van der Waals surface area contributed by atoms with Gasteiger partial charge in [-0.25, -0.2) is 0 Å². The smallest absolute Gasteiger partial charge is 0.293 e. The van der Waals surface area contributed by atoms with E-state index in [-0.39, 0.29) is 11.6 Å². The molecular weight excluding hydrogens is 312 g/mol. The molecule has 0 unspecified atom stereocenters. The molecule has 0 atom stereocenters. The van der Waals surface area contributed by atoms with Crippen molar-refractivity contribution in [1.29, 1.82) is 0 Å². The van der Waals surface area contributed by atoms with Crippen molar-refractivity contribution in [2.45, 2.75) is 13.8 Å². The minimum Gasteiger partial charge on any atom is -0.461 e. The number of aromatic nitrogens is 2. The van der Waals surface area contributed by atoms with Gasteiger partial charge in [0.15, 0.2) is 5.76 Å². The Kier molecular flexibility index (Phi) is 4.28. The maximum atomic E-state index is 11.4. The van der Waals surface area contributed by atoms with E-state index < -0.39 is 4.92 Å². The summed E-state index contributed by atoms with van der Waals surface area (Å²) in [6, 6.07) is 8.32. The Morgan fingerprint density at radius 2 is 2.04 bits per heavy atom. The monoisotopic (exact) mass is 328 g/mol. The second-order valence-corrected chi connectivity index (χ2v) is 5.03. The van der Waals surface area contributed by atoms with Crippen molar-refractivity contribution in [2.75, 3.05) is 18.0 Å². The molecule has 0 N–H and O–H groups in total. The van der Waals surface area contributed by atoms with Crippen LogP contribution in [-0.4, -0.2) is 28.2 Å². The first-order valence-corrected chi connectivity index (χ1v) is 7.55. The molecule has 0 aliphatic carbocycles. The van der Waals surface area contributed by atoms with Crippen LogP contribution in [0.15, 0.2) is 45.5 Å². The van der Waals surface area contributed by atoms with Crippen LogP contribution in [0.5, 0.6) is 0 Å². The molecule has 0 aliphatic heterocycles. The molecule has 1 aromatic carbocycles. The zero-order valence-electron chi connectivity index (χ0n) is 13.3. The number of nitro benzene ring substituents is 1. The van der Waals surface area contributed by atoms with Crippen LogP contribution in [0.4, 0.5) is 11.4 Å². The second-order valence-electron chi connectivity index (χ2n) is 5.03. The third kappa shape index (κ3) is 2.85. The number of hydrogen-bond donors (Lipinski definition) is 0. The van der Waals surface area contributed by atoms with Crippen LogP contribution >= 0.6 is 0 Å². The van der Waals surface area contributed by atoms with Gasteiger partial charge in [-0.15, -0.1) is 0 Å². The molecule has 0 amide bonds. The SMILES string of the molecule is CCN(CC)c1ccc(-c2nc(-c3ccco3)no2)cc1[N+](=O)[O-]. The number of anilines is 1. The Hall–Kier alpha value is -3.16. The first-order chi connectivity index (χ1) is 11.6. The zero-order valence-corrected chi connectivity index (χ0v) is 13.3. The van der Waals surface area contributed by atoms with E-state index in [2.05, 4.69) is 10.1 Å². The maximum Gasteiger partial charge on any atom is 0.293 e. The standard InChI is InChI=1S/C16H16N4O4/c1-3-19(4-2)12-8-7-11(10-13(12)20(21)22)16-17-15(18-24-16)14-6-5-9-23-14/h5-10H,3-4H2,1-2H3. The van der Waals surface area contributed by atoms with E-state index >= 15 is 0 Å². The lowest BCUT2D eigenvalue weighted by molar-refractivity contribution is -0.384. The first-order valence-electron chi connectivity index (χ1n) is 7.55. The largest absolute Gasteiger partial charge is 0.461 e. The van der Waals surface area contributed by atoms with Crippen molar-refractivity contribution in [3.8, 4) is 23.0 Å². The van der Waals surface area contributed by atoms with E-state index in [9.17, 15) is 10.1 Å². The topological polar surface area (TPSA) is 98.4 Å². The van der Waals surface area contributed by atoms with Crippen molar-refractivity contribution >= 4 is 11.4 Å². The van der Waals surface area contributed by atoms with Gasteiger partial charge in [0.25, 0.3) is 11.6 Å². The lowest BCUT2D eigenvalue weighted by atomic mass is 10.1. The molecule has 124 valence electrons. The number of benzene rings is 1. The molecule has 0 fully saturated rings. The number of rotatable bonds is 6. The van der Waals surface area contributed by atoms with Crippen LogP contribution < -0.4 is 4.90 Å². The van der Waals surface area contributed by atoms with Gasteiger partial charge >= 0.3 is 0 Å². The number of nitro groups is 1. The Bertz CT molecular complexity index is 838. The minimum atomic E-state index is -0.402. The Labute approximate surface area is 137 Å². The average Bonchev–Trinajstić information content (AvgIpc) is 3.27. The highest BCUT2D eigenvalue weighted by molar-refractivity contribution is 5.71. The predicted octanol–water partition coefficient (Wildman–Crippen LogP) is 3.75. The Balaban J connectivity index is 2.00. The molecule has 0 bridgehead atoms. The van der Waals surface area contributed by atoms with Gasteiger partial charge in [0, 0.05) is 24.7 Å². The van der Waals surface area contributed by atoms with Gasteiger partial charge in [0.2, 0.25) is 5.82 Å². The molecule has 8 nitrogen and oxygen atoms in total. The Morgan fingerprint density at radius 3 is 2.67 bits per heavy atom. The molecule has 24 heavy (non-hydrogen) atoms. The summed E-state index contributed by atoms with van der Waals surface area (Å²) in [4.78, 5) is 17.2. The molecule has 0 saturated heterocycles. The fourth-order valence-electron chi connectivity index (χ4n) is 2.48. The predicted molar refractivity (Wildman–Crippen MR) is 87.7 cm³/mol. The molecule has 2 aromatic heterocycles. The lowest BCUT2D eigenvalue weighted by Crippen LogP contribution is -2.22. The van der Waals surface area contributed by atoms with Gasteiger partial charge in [-0.2, -0.15) is 4.98 Å². The second kappa shape index (κ2) is 6.53. The summed E-state index contributed by atoms with van der Waals surface area (Å²) in [5.41, 5.74) is 1.07. The van der Waals surface area contributed by atoms with Crippen molar-refractivity contribution in [2.24, 2.45) is 0 Å². The summed E-state index contributed by atoms with van der Waals surface area (Å²) in [7, 11) is 0. The van der Waals surface area contributed by atoms with Gasteiger partial charge in [-0.05, 0) is 38.1 Å². The zero-order chi connectivity index (χ0) is 17.1. The van der Waals surface area contributed by atoms with Crippen molar-refractivity contribution in [1.82, 2.24) is 10.1 Å². The third-order valence-electron chi connectivity index (χ3n) is 3.69. The first kappa shape index (κ1) is 15.7. The van der Waals surface area contributed by atoms with Crippen LogP contribution in [0.1, 0.15) is 13.8 Å². The number of nitrogens with zero attached hydrogens (tertiary/aromatic N) is 4. The van der Waals surface area contributed by atoms with Crippen LogP contribution in [0.25, 0.3) is 23.0 Å². The van der Waals surface area contributed by atoms with Gasteiger partial charge < -0.3 is 13.8 Å². The quantitative estimate of drug-likeness (QED) is 0.502. The summed E-state index contributed by atoms with van der Waals surface area (Å²) >= 11 is 0. The van der Waals surface area contributed by atoms with Crippen LogP contribution in [0, 0.1) is 10.1 Å². The summed E-state index contributed by atoms with van der Waals surface area (Å²) in [6.45, 7) is 5.27. The number of hydrogen-bond acceptors (Lipinski definition) is 7. The molecular formula is C16H16N4O4. The van der Waals surface area contributed by atoms with Crippen LogP contribution in [-0.2, 0) is 0 Å². The third-order valence-corrected chi connectivity index (χ3v) is 3.69. The fraction of sp³-hybridized carbons (Fsp3) is 0.250. The highest BCUT2D eigenvalue weighted by Crippen LogP contribution is 2.33. The molecule has 3 aromatic rings. The summed E-state index contributed by atoms with van der Waals surface area (Å²) in [5, 5.41) is 15.3. The van der Waals surface area contributed by atoms with Gasteiger partial charge in [0.1, 0.15) is 5.69 Å². The summed E-state index contributed by atoms with van der Waals surface area (Å²) in [6.07, 6.45) is 1.51. The normalized spacial score (nSPS) is 10.8. The molecule has 0 saturated carbocycles. The lowest BCUT2D eigenvalue weighted by Gasteiger charge is -2.20. The van der Waals surface area contributed by atoms with Crippen molar-refractivity contribution < 1.29 is 13.9 Å².